The summed E-state index contributed by atoms with van der Waals surface area (Å²) in [6.07, 6.45) is 1.38. The van der Waals surface area contributed by atoms with Gasteiger partial charge in [0.15, 0.2) is 0 Å². The molecule has 0 saturated heterocycles. The minimum Gasteiger partial charge on any atom is -0.462 e. The summed E-state index contributed by atoms with van der Waals surface area (Å²) >= 11 is 0. The first kappa shape index (κ1) is 16.4. The van der Waals surface area contributed by atoms with E-state index in [1.807, 2.05) is 30.3 Å². The van der Waals surface area contributed by atoms with Gasteiger partial charge in [0.05, 0.1) is 18.4 Å². The normalized spacial score (nSPS) is 10.3. The van der Waals surface area contributed by atoms with Crippen LogP contribution in [0.4, 0.5) is 5.69 Å². The Morgan fingerprint density at radius 1 is 1.08 bits per heavy atom. The standard InChI is InChI=1S/C19H16N2O4/c1-2-24-19(23)14-8-10-15(11-9-14)21-17(22)16-12-20-18(25-16)13-6-4-3-5-7-13/h3-12H,2H2,1H3,(H,21,22). The molecule has 1 N–H and O–H groups in total. The quantitative estimate of drug-likeness (QED) is 0.717. The third-order valence-electron chi connectivity index (χ3n) is 3.40. The average molecular weight is 336 g/mol. The molecule has 0 fully saturated rings. The Labute approximate surface area is 144 Å². The first-order valence-corrected chi connectivity index (χ1v) is 7.77. The third kappa shape index (κ3) is 3.92. The van der Waals surface area contributed by atoms with Crippen molar-refractivity contribution in [3.8, 4) is 11.5 Å². The number of carbonyl (C=O) groups is 2. The molecular formula is C19H16N2O4. The molecular weight excluding hydrogens is 320 g/mol. The van der Waals surface area contributed by atoms with E-state index in [4.69, 9.17) is 9.15 Å². The van der Waals surface area contributed by atoms with Crippen molar-refractivity contribution in [1.82, 2.24) is 4.98 Å². The SMILES string of the molecule is CCOC(=O)c1ccc(NC(=O)c2cnc(-c3ccccc3)o2)cc1. The summed E-state index contributed by atoms with van der Waals surface area (Å²) in [5.41, 5.74) is 1.75. The molecule has 126 valence electrons. The maximum absolute atomic E-state index is 12.2. The van der Waals surface area contributed by atoms with Crippen LogP contribution in [0, 0.1) is 0 Å². The largest absolute Gasteiger partial charge is 0.462 e. The predicted molar refractivity (Wildman–Crippen MR) is 92.3 cm³/mol. The number of aromatic nitrogens is 1. The van der Waals surface area contributed by atoms with Crippen LogP contribution < -0.4 is 5.32 Å². The number of amides is 1. The van der Waals surface area contributed by atoms with Gasteiger partial charge in [-0.1, -0.05) is 18.2 Å². The summed E-state index contributed by atoms with van der Waals surface area (Å²) in [5, 5.41) is 2.70. The monoisotopic (exact) mass is 336 g/mol. The molecule has 1 amide bonds. The summed E-state index contributed by atoms with van der Waals surface area (Å²) in [7, 11) is 0. The molecule has 3 rings (SSSR count). The Kier molecular flexibility index (Phi) is 4.89. The van der Waals surface area contributed by atoms with Crippen LogP contribution in [0.2, 0.25) is 0 Å². The molecule has 0 aliphatic rings. The molecule has 0 unspecified atom stereocenters. The zero-order chi connectivity index (χ0) is 17.6. The van der Waals surface area contributed by atoms with E-state index >= 15 is 0 Å². The fourth-order valence-corrected chi connectivity index (χ4v) is 2.19. The van der Waals surface area contributed by atoms with Crippen molar-refractivity contribution >= 4 is 17.6 Å². The highest BCUT2D eigenvalue weighted by Crippen LogP contribution is 2.19. The second-order valence-corrected chi connectivity index (χ2v) is 5.15. The Hall–Kier alpha value is -3.41. The number of benzene rings is 2. The minimum atomic E-state index is -0.418. The van der Waals surface area contributed by atoms with Crippen LogP contribution in [0.5, 0.6) is 0 Å². The van der Waals surface area contributed by atoms with Crippen LogP contribution in [-0.4, -0.2) is 23.5 Å². The van der Waals surface area contributed by atoms with Crippen LogP contribution >= 0.6 is 0 Å². The highest BCUT2D eigenvalue weighted by molar-refractivity contribution is 6.02. The fraction of sp³-hybridized carbons (Fsp3) is 0.105. The van der Waals surface area contributed by atoms with Gasteiger partial charge in [-0.05, 0) is 43.3 Å². The number of anilines is 1. The van der Waals surface area contributed by atoms with Crippen LogP contribution in [0.3, 0.4) is 0 Å². The van der Waals surface area contributed by atoms with E-state index in [0.717, 1.165) is 5.56 Å². The number of oxazole rings is 1. The molecule has 3 aromatic rings. The van der Waals surface area contributed by atoms with Gasteiger partial charge >= 0.3 is 5.97 Å². The molecule has 0 aliphatic heterocycles. The van der Waals surface area contributed by atoms with E-state index in [9.17, 15) is 9.59 Å². The lowest BCUT2D eigenvalue weighted by atomic mass is 10.2. The van der Waals surface area contributed by atoms with Gasteiger partial charge in [0, 0.05) is 11.3 Å². The molecule has 0 atom stereocenters. The first-order chi connectivity index (χ1) is 12.2. The lowest BCUT2D eigenvalue weighted by Gasteiger charge is -2.05. The topological polar surface area (TPSA) is 81.4 Å². The van der Waals surface area contributed by atoms with Crippen molar-refractivity contribution in [2.45, 2.75) is 6.92 Å². The number of esters is 1. The molecule has 2 aromatic carbocycles. The second kappa shape index (κ2) is 7.44. The first-order valence-electron chi connectivity index (χ1n) is 7.77. The van der Waals surface area contributed by atoms with Gasteiger partial charge in [-0.25, -0.2) is 9.78 Å². The van der Waals surface area contributed by atoms with Crippen molar-refractivity contribution in [3.05, 3.63) is 72.1 Å². The van der Waals surface area contributed by atoms with Crippen LogP contribution in [0.25, 0.3) is 11.5 Å². The second-order valence-electron chi connectivity index (χ2n) is 5.15. The van der Waals surface area contributed by atoms with Crippen molar-refractivity contribution in [1.29, 1.82) is 0 Å². The van der Waals surface area contributed by atoms with Crippen molar-refractivity contribution in [2.75, 3.05) is 11.9 Å². The molecule has 0 radical (unpaired) electrons. The fourth-order valence-electron chi connectivity index (χ4n) is 2.19. The maximum atomic E-state index is 12.2. The lowest BCUT2D eigenvalue weighted by molar-refractivity contribution is 0.0526. The average Bonchev–Trinajstić information content (AvgIpc) is 3.13. The van der Waals surface area contributed by atoms with E-state index in [0.29, 0.717) is 23.7 Å². The maximum Gasteiger partial charge on any atom is 0.338 e. The Bertz CT molecular complexity index is 870. The van der Waals surface area contributed by atoms with Gasteiger partial charge in [-0.3, -0.25) is 4.79 Å². The molecule has 0 aliphatic carbocycles. The van der Waals surface area contributed by atoms with Crippen LogP contribution in [0.15, 0.2) is 65.2 Å². The summed E-state index contributed by atoms with van der Waals surface area (Å²) < 4.78 is 10.4. The van der Waals surface area contributed by atoms with Crippen LogP contribution in [-0.2, 0) is 4.74 Å². The zero-order valence-corrected chi connectivity index (χ0v) is 13.6. The predicted octanol–water partition coefficient (Wildman–Crippen LogP) is 3.77. The van der Waals surface area contributed by atoms with Crippen molar-refractivity contribution in [2.24, 2.45) is 0 Å². The molecule has 0 spiro atoms. The number of nitrogens with one attached hydrogen (secondary N) is 1. The van der Waals surface area contributed by atoms with Gasteiger partial charge in [0.25, 0.3) is 5.91 Å². The van der Waals surface area contributed by atoms with Crippen molar-refractivity contribution in [3.63, 3.8) is 0 Å². The van der Waals surface area contributed by atoms with E-state index in [2.05, 4.69) is 10.3 Å². The number of hydrogen-bond donors (Lipinski definition) is 1. The van der Waals surface area contributed by atoms with Crippen LogP contribution in [0.1, 0.15) is 27.8 Å². The molecule has 25 heavy (non-hydrogen) atoms. The Morgan fingerprint density at radius 2 is 1.80 bits per heavy atom. The van der Waals surface area contributed by atoms with E-state index < -0.39 is 11.9 Å². The molecule has 6 heteroatoms. The van der Waals surface area contributed by atoms with Crippen molar-refractivity contribution < 1.29 is 18.7 Å². The molecule has 1 aromatic heterocycles. The summed E-state index contributed by atoms with van der Waals surface area (Å²) in [5.74, 6) is -0.335. The van der Waals surface area contributed by atoms with Gasteiger partial charge in [0.2, 0.25) is 11.7 Å². The van der Waals surface area contributed by atoms with E-state index in [-0.39, 0.29) is 5.76 Å². The minimum absolute atomic E-state index is 0.105. The third-order valence-corrected chi connectivity index (χ3v) is 3.40. The highest BCUT2D eigenvalue weighted by atomic mass is 16.5. The Balaban J connectivity index is 1.68. The molecule has 0 saturated carbocycles. The number of hydrogen-bond acceptors (Lipinski definition) is 5. The van der Waals surface area contributed by atoms with Gasteiger partial charge in [-0.15, -0.1) is 0 Å². The molecule has 0 bridgehead atoms. The Morgan fingerprint density at radius 3 is 2.48 bits per heavy atom. The zero-order valence-electron chi connectivity index (χ0n) is 13.6. The summed E-state index contributed by atoms with van der Waals surface area (Å²) in [4.78, 5) is 28.0. The number of nitrogens with zero attached hydrogens (tertiary/aromatic N) is 1. The van der Waals surface area contributed by atoms with Gasteiger partial charge in [-0.2, -0.15) is 0 Å². The smallest absolute Gasteiger partial charge is 0.338 e. The van der Waals surface area contributed by atoms with E-state index in [1.165, 1.54) is 6.20 Å². The lowest BCUT2D eigenvalue weighted by Crippen LogP contribution is -2.11. The molecule has 1 heterocycles. The summed E-state index contributed by atoms with van der Waals surface area (Å²) in [6.45, 7) is 2.06. The number of ether oxygens (including phenoxy) is 1. The van der Waals surface area contributed by atoms with E-state index in [1.54, 1.807) is 31.2 Å². The summed E-state index contributed by atoms with van der Waals surface area (Å²) in [6, 6.07) is 15.7. The number of rotatable bonds is 5. The highest BCUT2D eigenvalue weighted by Gasteiger charge is 2.14. The van der Waals surface area contributed by atoms with Gasteiger partial charge in [0.1, 0.15) is 0 Å². The van der Waals surface area contributed by atoms with Gasteiger partial charge < -0.3 is 14.5 Å². The number of carbonyl (C=O) groups excluding carboxylic acids is 2. The molecule has 6 nitrogen and oxygen atoms in total.